The molecule has 116 valence electrons. The van der Waals surface area contributed by atoms with Gasteiger partial charge in [0, 0.05) is 25.3 Å². The summed E-state index contributed by atoms with van der Waals surface area (Å²) in [6.07, 6.45) is 1.60. The Hall–Kier alpha value is -1.46. The van der Waals surface area contributed by atoms with Crippen LogP contribution in [0.4, 0.5) is 5.69 Å². The summed E-state index contributed by atoms with van der Waals surface area (Å²) < 4.78 is 5.49. The van der Waals surface area contributed by atoms with Crippen LogP contribution in [0.15, 0.2) is 24.3 Å². The topological polar surface area (TPSA) is 61.8 Å². The number of carbonyl (C=O) groups excluding carboxylic acids is 1. The monoisotopic (exact) mass is 312 g/mol. The number of carbonyl (C=O) groups is 1. The Labute approximate surface area is 129 Å². The van der Waals surface area contributed by atoms with Gasteiger partial charge in [0.05, 0.1) is 12.0 Å². The number of aliphatic hydroxyl groups excluding tert-OH is 1. The number of alkyl halides is 1. The molecule has 0 saturated carbocycles. The number of rotatable bonds is 7. The highest BCUT2D eigenvalue weighted by Gasteiger charge is 2.17. The summed E-state index contributed by atoms with van der Waals surface area (Å²) in [5.74, 6) is 0.901. The van der Waals surface area contributed by atoms with Crippen LogP contribution in [0.5, 0.6) is 5.75 Å². The molecule has 2 N–H and O–H groups in total. The van der Waals surface area contributed by atoms with Gasteiger partial charge < -0.3 is 20.1 Å². The van der Waals surface area contributed by atoms with Gasteiger partial charge in [0.1, 0.15) is 5.75 Å². The van der Waals surface area contributed by atoms with Crippen molar-refractivity contribution >= 4 is 23.2 Å². The third-order valence-electron chi connectivity index (χ3n) is 3.40. The number of halogens is 1. The van der Waals surface area contributed by atoms with Gasteiger partial charge in [0.2, 0.25) is 0 Å². The summed E-state index contributed by atoms with van der Waals surface area (Å²) in [4.78, 5) is 13.7. The van der Waals surface area contributed by atoms with E-state index in [0.29, 0.717) is 12.3 Å². The van der Waals surface area contributed by atoms with Gasteiger partial charge in [-0.05, 0) is 37.1 Å². The largest absolute Gasteiger partial charge is 0.484 e. The first-order valence-corrected chi connectivity index (χ1v) is 7.71. The van der Waals surface area contributed by atoms with Gasteiger partial charge in [-0.2, -0.15) is 0 Å². The quantitative estimate of drug-likeness (QED) is 0.752. The number of likely N-dealkylation sites (tertiary alicyclic amines) is 1. The first-order chi connectivity index (χ1) is 10.2. The van der Waals surface area contributed by atoms with Crippen LogP contribution < -0.4 is 10.1 Å². The van der Waals surface area contributed by atoms with Gasteiger partial charge >= 0.3 is 0 Å². The van der Waals surface area contributed by atoms with E-state index in [-0.39, 0.29) is 18.4 Å². The molecule has 1 atom stereocenters. The van der Waals surface area contributed by atoms with Crippen LogP contribution in [0.3, 0.4) is 0 Å². The molecule has 1 aromatic carbocycles. The number of ether oxygens (including phenoxy) is 1. The fraction of sp³-hybridized carbons (Fsp3) is 0.533. The molecule has 1 heterocycles. The fourth-order valence-electron chi connectivity index (χ4n) is 2.16. The maximum Gasteiger partial charge on any atom is 0.260 e. The zero-order chi connectivity index (χ0) is 15.1. The molecule has 1 amide bonds. The van der Waals surface area contributed by atoms with Gasteiger partial charge in [0.25, 0.3) is 5.91 Å². The molecule has 5 nitrogen and oxygen atoms in total. The summed E-state index contributed by atoms with van der Waals surface area (Å²) in [5.41, 5.74) is 0.873. The number of hydrogen-bond acceptors (Lipinski definition) is 4. The first kappa shape index (κ1) is 15.9. The number of benzene rings is 1. The summed E-state index contributed by atoms with van der Waals surface area (Å²) in [5, 5.41) is 12.4. The van der Waals surface area contributed by atoms with Crippen molar-refractivity contribution in [3.8, 4) is 5.75 Å². The van der Waals surface area contributed by atoms with E-state index in [1.54, 1.807) is 12.1 Å². The molecule has 21 heavy (non-hydrogen) atoms. The van der Waals surface area contributed by atoms with E-state index < -0.39 is 6.10 Å². The third-order valence-corrected chi connectivity index (χ3v) is 3.75. The standard InChI is InChI=1S/C15H21ClN2O3/c16-9-13(19)10-17-12-3-5-14(6-4-12)21-11-15(20)18-7-1-2-8-18/h3-6,13,17,19H,1-2,7-11H2. The molecular formula is C15H21ClN2O3. The number of nitrogens with one attached hydrogen (secondary N) is 1. The summed E-state index contributed by atoms with van der Waals surface area (Å²) >= 11 is 5.52. The van der Waals surface area contributed by atoms with Crippen LogP contribution in [-0.4, -0.2) is 54.1 Å². The van der Waals surface area contributed by atoms with E-state index in [4.69, 9.17) is 16.3 Å². The minimum atomic E-state index is -0.569. The van der Waals surface area contributed by atoms with Crippen LogP contribution >= 0.6 is 11.6 Å². The average Bonchev–Trinajstić information content (AvgIpc) is 3.05. The molecule has 2 rings (SSSR count). The lowest BCUT2D eigenvalue weighted by atomic mass is 10.3. The Morgan fingerprint density at radius 1 is 1.33 bits per heavy atom. The molecule has 1 aliphatic rings. The highest BCUT2D eigenvalue weighted by atomic mass is 35.5. The van der Waals surface area contributed by atoms with E-state index in [1.807, 2.05) is 17.0 Å². The number of hydrogen-bond donors (Lipinski definition) is 2. The minimum absolute atomic E-state index is 0.0416. The lowest BCUT2D eigenvalue weighted by molar-refractivity contribution is -0.132. The third kappa shape index (κ3) is 5.10. The van der Waals surface area contributed by atoms with Crippen molar-refractivity contribution in [2.24, 2.45) is 0 Å². The Bertz CT molecular complexity index is 447. The van der Waals surface area contributed by atoms with E-state index >= 15 is 0 Å². The molecule has 0 spiro atoms. The lowest BCUT2D eigenvalue weighted by Crippen LogP contribution is -2.32. The first-order valence-electron chi connectivity index (χ1n) is 7.17. The van der Waals surface area contributed by atoms with Crippen molar-refractivity contribution in [3.05, 3.63) is 24.3 Å². The number of aliphatic hydroxyl groups is 1. The van der Waals surface area contributed by atoms with Crippen molar-refractivity contribution in [1.29, 1.82) is 0 Å². The van der Waals surface area contributed by atoms with Crippen molar-refractivity contribution < 1.29 is 14.6 Å². The summed E-state index contributed by atoms with van der Waals surface area (Å²) in [6.45, 7) is 2.16. The van der Waals surface area contributed by atoms with Crippen molar-refractivity contribution in [2.45, 2.75) is 18.9 Å². The molecule has 0 aromatic heterocycles. The normalized spacial score (nSPS) is 15.8. The van der Waals surface area contributed by atoms with Gasteiger partial charge in [-0.3, -0.25) is 4.79 Å². The molecule has 1 saturated heterocycles. The smallest absolute Gasteiger partial charge is 0.260 e. The van der Waals surface area contributed by atoms with Gasteiger partial charge in [-0.15, -0.1) is 11.6 Å². The van der Waals surface area contributed by atoms with Gasteiger partial charge in [-0.1, -0.05) is 0 Å². The predicted molar refractivity (Wildman–Crippen MR) is 83.0 cm³/mol. The molecule has 0 aliphatic carbocycles. The molecule has 0 bridgehead atoms. The van der Waals surface area contributed by atoms with E-state index in [9.17, 15) is 9.90 Å². The molecule has 1 aliphatic heterocycles. The number of anilines is 1. The summed E-state index contributed by atoms with van der Waals surface area (Å²) in [6, 6.07) is 7.28. The Balaban J connectivity index is 1.75. The van der Waals surface area contributed by atoms with Crippen LogP contribution in [0.2, 0.25) is 0 Å². The van der Waals surface area contributed by atoms with Crippen molar-refractivity contribution in [2.75, 3.05) is 37.4 Å². The van der Waals surface area contributed by atoms with Crippen molar-refractivity contribution in [1.82, 2.24) is 4.90 Å². The van der Waals surface area contributed by atoms with Gasteiger partial charge in [0.15, 0.2) is 6.61 Å². The van der Waals surface area contributed by atoms with Crippen molar-refractivity contribution in [3.63, 3.8) is 0 Å². The van der Waals surface area contributed by atoms with Crippen LogP contribution in [0, 0.1) is 0 Å². The van der Waals surface area contributed by atoms with Crippen LogP contribution in [0.25, 0.3) is 0 Å². The van der Waals surface area contributed by atoms with E-state index in [2.05, 4.69) is 5.32 Å². The number of amides is 1. The molecular weight excluding hydrogens is 292 g/mol. The van der Waals surface area contributed by atoms with Gasteiger partial charge in [-0.25, -0.2) is 0 Å². The summed E-state index contributed by atoms with van der Waals surface area (Å²) in [7, 11) is 0. The SMILES string of the molecule is O=C(COc1ccc(NCC(O)CCl)cc1)N1CCCC1. The maximum absolute atomic E-state index is 11.8. The second-order valence-corrected chi connectivity index (χ2v) is 5.40. The second-order valence-electron chi connectivity index (χ2n) is 5.09. The lowest BCUT2D eigenvalue weighted by Gasteiger charge is -2.15. The Kier molecular flexibility index (Phi) is 6.14. The van der Waals surface area contributed by atoms with Crippen LogP contribution in [0.1, 0.15) is 12.8 Å². The predicted octanol–water partition coefficient (Wildman–Crippen LogP) is 1.70. The van der Waals surface area contributed by atoms with Crippen LogP contribution in [-0.2, 0) is 4.79 Å². The number of nitrogens with zero attached hydrogens (tertiary/aromatic N) is 1. The minimum Gasteiger partial charge on any atom is -0.484 e. The maximum atomic E-state index is 11.8. The van der Waals surface area contributed by atoms with E-state index in [1.165, 1.54) is 0 Å². The average molecular weight is 313 g/mol. The molecule has 6 heteroatoms. The fourth-order valence-corrected chi connectivity index (χ4v) is 2.27. The molecule has 1 unspecified atom stereocenters. The Morgan fingerprint density at radius 3 is 2.62 bits per heavy atom. The second kappa shape index (κ2) is 8.10. The highest BCUT2D eigenvalue weighted by Crippen LogP contribution is 2.16. The molecule has 1 aromatic rings. The van der Waals surface area contributed by atoms with E-state index in [0.717, 1.165) is 31.6 Å². The Morgan fingerprint density at radius 2 is 2.00 bits per heavy atom. The molecule has 0 radical (unpaired) electrons. The zero-order valence-electron chi connectivity index (χ0n) is 11.9. The highest BCUT2D eigenvalue weighted by molar-refractivity contribution is 6.18. The molecule has 1 fully saturated rings. The zero-order valence-corrected chi connectivity index (χ0v) is 12.7.